The molecule has 0 aliphatic rings. The van der Waals surface area contributed by atoms with Crippen LogP contribution in [0.5, 0.6) is 0 Å². The highest BCUT2D eigenvalue weighted by atomic mass is 32.2. The monoisotopic (exact) mass is 384 g/mol. The minimum absolute atomic E-state index is 0.0814. The van der Waals surface area contributed by atoms with Crippen molar-refractivity contribution in [3.8, 4) is 0 Å². The largest absolute Gasteiger partial charge is 0.452 e. The van der Waals surface area contributed by atoms with Gasteiger partial charge in [-0.3, -0.25) is 4.79 Å². The predicted molar refractivity (Wildman–Crippen MR) is 88.0 cm³/mol. The van der Waals surface area contributed by atoms with Crippen LogP contribution in [0.2, 0.25) is 0 Å². The summed E-state index contributed by atoms with van der Waals surface area (Å²) in [6.07, 6.45) is 0. The van der Waals surface area contributed by atoms with E-state index in [1.165, 1.54) is 25.2 Å². The first-order valence-electron chi connectivity index (χ1n) is 7.18. The second kappa shape index (κ2) is 8.02. The van der Waals surface area contributed by atoms with Crippen LogP contribution in [0.4, 0.5) is 14.5 Å². The first-order chi connectivity index (χ1) is 12.2. The van der Waals surface area contributed by atoms with Crippen molar-refractivity contribution in [2.24, 2.45) is 0 Å². The van der Waals surface area contributed by atoms with Gasteiger partial charge in [0, 0.05) is 6.07 Å². The number of ether oxygens (including phenoxy) is 1. The topological polar surface area (TPSA) is 102 Å². The molecule has 0 radical (unpaired) electrons. The molecule has 0 spiro atoms. The predicted octanol–water partition coefficient (Wildman–Crippen LogP) is 1.67. The Labute approximate surface area is 148 Å². The van der Waals surface area contributed by atoms with Crippen molar-refractivity contribution in [3.63, 3.8) is 0 Å². The summed E-state index contributed by atoms with van der Waals surface area (Å²) in [5.41, 5.74) is -0.350. The van der Waals surface area contributed by atoms with E-state index >= 15 is 0 Å². The van der Waals surface area contributed by atoms with Gasteiger partial charge in [-0.15, -0.1) is 0 Å². The molecule has 1 amide bonds. The van der Waals surface area contributed by atoms with E-state index in [9.17, 15) is 26.8 Å². The second-order valence-electron chi connectivity index (χ2n) is 4.98. The maximum Gasteiger partial charge on any atom is 0.338 e. The van der Waals surface area contributed by atoms with Crippen molar-refractivity contribution < 1.29 is 31.5 Å². The van der Waals surface area contributed by atoms with Crippen LogP contribution in [0.1, 0.15) is 10.4 Å². The van der Waals surface area contributed by atoms with Crippen molar-refractivity contribution in [3.05, 3.63) is 59.7 Å². The Hall–Kier alpha value is -2.85. The number of rotatable bonds is 6. The number of halogens is 2. The SMILES string of the molecule is CNS(=O)(=O)c1cccc(C(=O)OCC(=O)Nc2ccc(F)cc2F)c1. The fraction of sp³-hybridized carbons (Fsp3) is 0.125. The number of amides is 1. The van der Waals surface area contributed by atoms with E-state index in [0.717, 1.165) is 18.2 Å². The summed E-state index contributed by atoms with van der Waals surface area (Å²) in [7, 11) is -2.52. The third kappa shape index (κ3) is 4.83. The van der Waals surface area contributed by atoms with E-state index < -0.39 is 40.1 Å². The number of anilines is 1. The van der Waals surface area contributed by atoms with Crippen molar-refractivity contribution in [2.45, 2.75) is 4.90 Å². The number of sulfonamides is 1. The Kier molecular flexibility index (Phi) is 6.01. The zero-order valence-corrected chi connectivity index (χ0v) is 14.3. The standard InChI is InChI=1S/C16H14F2N2O5S/c1-19-26(23,24)12-4-2-3-10(7-12)16(22)25-9-15(21)20-14-6-5-11(17)8-13(14)18/h2-8,19H,9H2,1H3,(H,20,21). The molecule has 138 valence electrons. The summed E-state index contributed by atoms with van der Waals surface area (Å²) in [4.78, 5) is 23.5. The number of nitrogens with one attached hydrogen (secondary N) is 2. The number of carbonyl (C=O) groups excluding carboxylic acids is 2. The van der Waals surface area contributed by atoms with Gasteiger partial charge in [0.15, 0.2) is 6.61 Å². The molecule has 2 aromatic rings. The number of carbonyl (C=O) groups is 2. The fourth-order valence-electron chi connectivity index (χ4n) is 1.90. The summed E-state index contributed by atoms with van der Waals surface area (Å²) < 4.78 is 56.5. The lowest BCUT2D eigenvalue weighted by Gasteiger charge is -2.08. The maximum absolute atomic E-state index is 13.4. The molecule has 10 heteroatoms. The van der Waals surface area contributed by atoms with E-state index in [1.54, 1.807) is 0 Å². The highest BCUT2D eigenvalue weighted by Crippen LogP contribution is 2.15. The maximum atomic E-state index is 13.4. The van der Waals surface area contributed by atoms with Crippen LogP contribution in [0.15, 0.2) is 47.4 Å². The van der Waals surface area contributed by atoms with Gasteiger partial charge in [-0.1, -0.05) is 6.07 Å². The van der Waals surface area contributed by atoms with Crippen molar-refractivity contribution in [2.75, 3.05) is 19.0 Å². The first-order valence-corrected chi connectivity index (χ1v) is 8.67. The van der Waals surface area contributed by atoms with E-state index in [-0.39, 0.29) is 16.1 Å². The lowest BCUT2D eigenvalue weighted by atomic mass is 10.2. The Bertz CT molecular complexity index is 947. The normalized spacial score (nSPS) is 11.0. The molecule has 0 aromatic heterocycles. The number of benzene rings is 2. The Morgan fingerprint density at radius 2 is 1.85 bits per heavy atom. The summed E-state index contributed by atoms with van der Waals surface area (Å²) in [6.45, 7) is -0.737. The molecule has 0 saturated heterocycles. The van der Waals surface area contributed by atoms with Crippen LogP contribution in [0.25, 0.3) is 0 Å². The Morgan fingerprint density at radius 1 is 1.12 bits per heavy atom. The van der Waals surface area contributed by atoms with Crippen LogP contribution >= 0.6 is 0 Å². The molecule has 26 heavy (non-hydrogen) atoms. The average molecular weight is 384 g/mol. The number of esters is 1. The molecule has 0 saturated carbocycles. The van der Waals surface area contributed by atoms with Crippen molar-refractivity contribution in [1.29, 1.82) is 0 Å². The van der Waals surface area contributed by atoms with Gasteiger partial charge in [-0.25, -0.2) is 26.7 Å². The van der Waals surface area contributed by atoms with Gasteiger partial charge in [0.05, 0.1) is 16.1 Å². The smallest absolute Gasteiger partial charge is 0.338 e. The van der Waals surface area contributed by atoms with Crippen LogP contribution in [-0.4, -0.2) is 33.9 Å². The minimum atomic E-state index is -3.74. The van der Waals surface area contributed by atoms with Crippen LogP contribution < -0.4 is 10.0 Å². The molecule has 0 aliphatic carbocycles. The van der Waals surface area contributed by atoms with Gasteiger partial charge in [0.2, 0.25) is 10.0 Å². The van der Waals surface area contributed by atoms with Gasteiger partial charge >= 0.3 is 5.97 Å². The molecule has 0 fully saturated rings. The summed E-state index contributed by atoms with van der Waals surface area (Å²) in [5.74, 6) is -3.56. The lowest BCUT2D eigenvalue weighted by molar-refractivity contribution is -0.119. The molecule has 0 aliphatic heterocycles. The molecular formula is C16H14F2N2O5S. The van der Waals surface area contributed by atoms with Gasteiger partial charge < -0.3 is 10.1 Å². The molecule has 2 N–H and O–H groups in total. The van der Waals surface area contributed by atoms with E-state index in [2.05, 4.69) is 10.0 Å². The summed E-state index contributed by atoms with van der Waals surface area (Å²) in [6, 6.07) is 7.60. The van der Waals surface area contributed by atoms with E-state index in [1.807, 2.05) is 0 Å². The third-order valence-corrected chi connectivity index (χ3v) is 4.60. The van der Waals surface area contributed by atoms with Gasteiger partial charge in [0.25, 0.3) is 5.91 Å². The molecule has 2 aromatic carbocycles. The number of hydrogen-bond acceptors (Lipinski definition) is 5. The lowest BCUT2D eigenvalue weighted by Crippen LogP contribution is -2.22. The van der Waals surface area contributed by atoms with Crippen molar-refractivity contribution in [1.82, 2.24) is 4.72 Å². The minimum Gasteiger partial charge on any atom is -0.452 e. The van der Waals surface area contributed by atoms with Gasteiger partial charge in [-0.05, 0) is 37.4 Å². The third-order valence-electron chi connectivity index (χ3n) is 3.19. The first kappa shape index (κ1) is 19.5. The van der Waals surface area contributed by atoms with Crippen LogP contribution in [0, 0.1) is 11.6 Å². The molecule has 2 rings (SSSR count). The summed E-state index contributed by atoms with van der Waals surface area (Å²) in [5, 5.41) is 2.13. The average Bonchev–Trinajstić information content (AvgIpc) is 2.62. The molecule has 0 heterocycles. The molecule has 0 bridgehead atoms. The number of hydrogen-bond donors (Lipinski definition) is 2. The van der Waals surface area contributed by atoms with Crippen LogP contribution in [-0.2, 0) is 19.6 Å². The van der Waals surface area contributed by atoms with E-state index in [0.29, 0.717) is 6.07 Å². The fourth-order valence-corrected chi connectivity index (χ4v) is 2.68. The zero-order valence-electron chi connectivity index (χ0n) is 13.5. The highest BCUT2D eigenvalue weighted by molar-refractivity contribution is 7.89. The Balaban J connectivity index is 2.00. The molecular weight excluding hydrogens is 370 g/mol. The second-order valence-corrected chi connectivity index (χ2v) is 6.87. The Morgan fingerprint density at radius 3 is 2.50 bits per heavy atom. The molecule has 0 atom stereocenters. The van der Waals surface area contributed by atoms with Gasteiger partial charge in [0.1, 0.15) is 11.6 Å². The van der Waals surface area contributed by atoms with Gasteiger partial charge in [-0.2, -0.15) is 0 Å². The van der Waals surface area contributed by atoms with Crippen molar-refractivity contribution >= 4 is 27.6 Å². The molecule has 0 unspecified atom stereocenters. The van der Waals surface area contributed by atoms with Crippen LogP contribution in [0.3, 0.4) is 0 Å². The van der Waals surface area contributed by atoms with E-state index in [4.69, 9.17) is 4.74 Å². The zero-order chi connectivity index (χ0) is 19.3. The quantitative estimate of drug-likeness (QED) is 0.738. The summed E-state index contributed by atoms with van der Waals surface area (Å²) >= 11 is 0. The molecule has 7 nitrogen and oxygen atoms in total. The highest BCUT2D eigenvalue weighted by Gasteiger charge is 2.16.